The van der Waals surface area contributed by atoms with Crippen molar-refractivity contribution < 1.29 is 9.90 Å². The molecule has 0 spiro atoms. The molecule has 1 atom stereocenters. The molecule has 0 saturated heterocycles. The fourth-order valence-corrected chi connectivity index (χ4v) is 1.93. The summed E-state index contributed by atoms with van der Waals surface area (Å²) >= 11 is 0. The second-order valence-corrected chi connectivity index (χ2v) is 4.18. The first kappa shape index (κ1) is 11.4. The van der Waals surface area contributed by atoms with Crippen molar-refractivity contribution in [2.75, 3.05) is 0 Å². The molecule has 1 aliphatic rings. The number of rotatable bonds is 3. The Labute approximate surface area is 101 Å². The number of carbonyl (C=O) groups is 1. The van der Waals surface area contributed by atoms with E-state index in [9.17, 15) is 9.90 Å². The summed E-state index contributed by atoms with van der Waals surface area (Å²) in [5.74, 6) is 0.123. The van der Waals surface area contributed by atoms with E-state index < -0.39 is 5.41 Å². The van der Waals surface area contributed by atoms with Crippen LogP contribution in [-0.2, 0) is 11.2 Å². The third-order valence-corrected chi connectivity index (χ3v) is 2.77. The zero-order valence-electron chi connectivity index (χ0n) is 9.41. The van der Waals surface area contributed by atoms with Crippen LogP contribution >= 0.6 is 0 Å². The molecule has 1 aromatic carbocycles. The van der Waals surface area contributed by atoms with E-state index in [-0.39, 0.29) is 5.76 Å². The zero-order chi connectivity index (χ0) is 12.1. The summed E-state index contributed by atoms with van der Waals surface area (Å²) in [6.07, 6.45) is 9.92. The molecule has 1 aromatic rings. The van der Waals surface area contributed by atoms with Crippen LogP contribution in [0.3, 0.4) is 0 Å². The van der Waals surface area contributed by atoms with E-state index >= 15 is 0 Å². The Morgan fingerprint density at radius 1 is 1.18 bits per heavy atom. The molecule has 2 rings (SSSR count). The Hall–Kier alpha value is -2.09. The quantitative estimate of drug-likeness (QED) is 0.804. The largest absolute Gasteiger partial charge is 0.508 e. The number of aliphatic hydroxyl groups excluding tert-OH is 1. The Morgan fingerprint density at radius 2 is 1.94 bits per heavy atom. The lowest BCUT2D eigenvalue weighted by atomic mass is 9.82. The maximum absolute atomic E-state index is 11.3. The molecule has 1 unspecified atom stereocenters. The van der Waals surface area contributed by atoms with Gasteiger partial charge in [-0.25, -0.2) is 0 Å². The van der Waals surface area contributed by atoms with Crippen molar-refractivity contribution in [3.63, 3.8) is 0 Å². The molecule has 86 valence electrons. The van der Waals surface area contributed by atoms with Crippen LogP contribution in [0.5, 0.6) is 0 Å². The molecule has 2 heteroatoms. The summed E-state index contributed by atoms with van der Waals surface area (Å²) in [4.78, 5) is 11.3. The van der Waals surface area contributed by atoms with Gasteiger partial charge in [-0.3, -0.25) is 0 Å². The van der Waals surface area contributed by atoms with Gasteiger partial charge in [0.25, 0.3) is 0 Å². The van der Waals surface area contributed by atoms with E-state index in [1.54, 1.807) is 24.3 Å². The van der Waals surface area contributed by atoms with Crippen LogP contribution in [0.2, 0.25) is 0 Å². The Bertz CT molecular complexity index is 483. The third kappa shape index (κ3) is 2.72. The van der Waals surface area contributed by atoms with Gasteiger partial charge >= 0.3 is 0 Å². The monoisotopic (exact) mass is 226 g/mol. The summed E-state index contributed by atoms with van der Waals surface area (Å²) < 4.78 is 0. The highest BCUT2D eigenvalue weighted by atomic mass is 16.3. The molecule has 0 fully saturated rings. The Balaban J connectivity index is 2.32. The molecule has 0 bridgehead atoms. The van der Waals surface area contributed by atoms with Gasteiger partial charge in [0, 0.05) is 0 Å². The van der Waals surface area contributed by atoms with Crippen molar-refractivity contribution in [1.82, 2.24) is 0 Å². The molecular formula is C15H14O2. The van der Waals surface area contributed by atoms with Crippen molar-refractivity contribution in [1.29, 1.82) is 0 Å². The van der Waals surface area contributed by atoms with E-state index in [1.807, 2.05) is 36.4 Å². The van der Waals surface area contributed by atoms with Crippen LogP contribution in [0.15, 0.2) is 66.5 Å². The van der Waals surface area contributed by atoms with Gasteiger partial charge in [-0.05, 0) is 24.1 Å². The number of allylic oxidation sites excluding steroid dienone is 5. The summed E-state index contributed by atoms with van der Waals surface area (Å²) in [5, 5.41) is 9.61. The minimum atomic E-state index is -0.755. The SMILES string of the molecule is O=CC1(Cc2ccccc2)C=CC=CC(O)=C1. The highest BCUT2D eigenvalue weighted by molar-refractivity contribution is 5.68. The van der Waals surface area contributed by atoms with Gasteiger partial charge in [-0.15, -0.1) is 0 Å². The van der Waals surface area contributed by atoms with E-state index in [2.05, 4.69) is 0 Å². The molecule has 1 aliphatic carbocycles. The van der Waals surface area contributed by atoms with Crippen LogP contribution < -0.4 is 0 Å². The first-order valence-electron chi connectivity index (χ1n) is 5.52. The molecule has 0 aliphatic heterocycles. The Morgan fingerprint density at radius 3 is 2.65 bits per heavy atom. The van der Waals surface area contributed by atoms with Crippen molar-refractivity contribution in [2.24, 2.45) is 5.41 Å². The number of aldehydes is 1. The lowest BCUT2D eigenvalue weighted by molar-refractivity contribution is -0.112. The number of hydrogen-bond acceptors (Lipinski definition) is 2. The van der Waals surface area contributed by atoms with E-state index in [4.69, 9.17) is 0 Å². The summed E-state index contributed by atoms with van der Waals surface area (Å²) in [5.41, 5.74) is 0.310. The molecule has 0 radical (unpaired) electrons. The molecule has 17 heavy (non-hydrogen) atoms. The summed E-state index contributed by atoms with van der Waals surface area (Å²) in [7, 11) is 0. The molecule has 0 aromatic heterocycles. The lowest BCUT2D eigenvalue weighted by Crippen LogP contribution is -2.20. The van der Waals surface area contributed by atoms with Crippen LogP contribution in [0.4, 0.5) is 0 Å². The molecular weight excluding hydrogens is 212 g/mol. The second-order valence-electron chi connectivity index (χ2n) is 4.18. The molecule has 2 nitrogen and oxygen atoms in total. The average molecular weight is 226 g/mol. The van der Waals surface area contributed by atoms with E-state index in [0.717, 1.165) is 11.8 Å². The van der Waals surface area contributed by atoms with Crippen molar-refractivity contribution in [3.05, 3.63) is 72.0 Å². The maximum atomic E-state index is 11.3. The number of aliphatic hydroxyl groups is 1. The van der Waals surface area contributed by atoms with Gasteiger partial charge in [-0.1, -0.05) is 48.6 Å². The van der Waals surface area contributed by atoms with Crippen LogP contribution in [0.1, 0.15) is 5.56 Å². The van der Waals surface area contributed by atoms with Gasteiger partial charge in [0.2, 0.25) is 0 Å². The van der Waals surface area contributed by atoms with Gasteiger partial charge in [0.15, 0.2) is 0 Å². The van der Waals surface area contributed by atoms with Gasteiger partial charge < -0.3 is 9.90 Å². The van der Waals surface area contributed by atoms with Crippen molar-refractivity contribution >= 4 is 6.29 Å². The third-order valence-electron chi connectivity index (χ3n) is 2.77. The summed E-state index contributed by atoms with van der Waals surface area (Å²) in [6, 6.07) is 9.77. The first-order chi connectivity index (χ1) is 8.24. The number of benzene rings is 1. The fraction of sp³-hybridized carbons (Fsp3) is 0.133. The standard InChI is InChI=1S/C15H14O2/c16-12-15(9-5-4-8-14(17)11-15)10-13-6-2-1-3-7-13/h1-9,11-12,17H,10H2. The normalized spacial score (nSPS) is 22.9. The minimum Gasteiger partial charge on any atom is -0.508 e. The minimum absolute atomic E-state index is 0.123. The zero-order valence-corrected chi connectivity index (χ0v) is 9.41. The fourth-order valence-electron chi connectivity index (χ4n) is 1.93. The van der Waals surface area contributed by atoms with Gasteiger partial charge in [0.1, 0.15) is 12.0 Å². The van der Waals surface area contributed by atoms with E-state index in [0.29, 0.717) is 6.42 Å². The smallest absolute Gasteiger partial charge is 0.134 e. The van der Waals surface area contributed by atoms with E-state index in [1.165, 1.54) is 0 Å². The molecule has 1 N–H and O–H groups in total. The van der Waals surface area contributed by atoms with Crippen LogP contribution in [0.25, 0.3) is 0 Å². The van der Waals surface area contributed by atoms with Gasteiger partial charge in [-0.2, -0.15) is 0 Å². The molecule has 0 amide bonds. The average Bonchev–Trinajstić information content (AvgIpc) is 2.53. The van der Waals surface area contributed by atoms with Gasteiger partial charge in [0.05, 0.1) is 5.41 Å². The predicted molar refractivity (Wildman–Crippen MR) is 67.6 cm³/mol. The van der Waals surface area contributed by atoms with Crippen LogP contribution in [0, 0.1) is 5.41 Å². The van der Waals surface area contributed by atoms with Crippen LogP contribution in [-0.4, -0.2) is 11.4 Å². The topological polar surface area (TPSA) is 37.3 Å². The van der Waals surface area contributed by atoms with Crippen molar-refractivity contribution in [2.45, 2.75) is 6.42 Å². The highest BCUT2D eigenvalue weighted by Gasteiger charge is 2.25. The summed E-state index contributed by atoms with van der Waals surface area (Å²) in [6.45, 7) is 0. The first-order valence-corrected chi connectivity index (χ1v) is 5.52. The van der Waals surface area contributed by atoms with Crippen molar-refractivity contribution in [3.8, 4) is 0 Å². The molecule has 0 heterocycles. The number of carbonyl (C=O) groups excluding carboxylic acids is 1. The lowest BCUT2D eigenvalue weighted by Gasteiger charge is -2.20. The molecule has 0 saturated carbocycles. The highest BCUT2D eigenvalue weighted by Crippen LogP contribution is 2.27. The maximum Gasteiger partial charge on any atom is 0.134 e. The predicted octanol–water partition coefficient (Wildman–Crippen LogP) is 2.98. The Kier molecular flexibility index (Phi) is 3.24. The number of hydrogen-bond donors (Lipinski definition) is 1. The second kappa shape index (κ2) is 4.83.